The first-order valence-electron chi connectivity index (χ1n) is 8.95. The summed E-state index contributed by atoms with van der Waals surface area (Å²) in [5, 5.41) is 4.23. The number of carbonyl (C=O) groups excluding carboxylic acids is 1. The molecular formula is C21H22N4O. The number of nitrogens with zero attached hydrogens (tertiary/aromatic N) is 4. The van der Waals surface area contributed by atoms with Crippen LogP contribution in [0.5, 0.6) is 0 Å². The summed E-state index contributed by atoms with van der Waals surface area (Å²) in [7, 11) is 0. The maximum absolute atomic E-state index is 12.9. The largest absolute Gasteiger partial charge is 0.336 e. The van der Waals surface area contributed by atoms with Crippen molar-refractivity contribution >= 4 is 5.91 Å². The van der Waals surface area contributed by atoms with Crippen LogP contribution in [-0.4, -0.2) is 51.7 Å². The fraction of sp³-hybridized carbons (Fsp3) is 0.238. The minimum atomic E-state index is 0.0957. The Bertz CT molecular complexity index is 853. The molecule has 0 atom stereocenters. The van der Waals surface area contributed by atoms with Crippen LogP contribution in [0.2, 0.25) is 0 Å². The van der Waals surface area contributed by atoms with Crippen LogP contribution < -0.4 is 0 Å². The van der Waals surface area contributed by atoms with Gasteiger partial charge < -0.3 is 4.90 Å². The lowest BCUT2D eigenvalue weighted by molar-refractivity contribution is 0.0628. The molecule has 0 saturated carbocycles. The van der Waals surface area contributed by atoms with Gasteiger partial charge in [-0.2, -0.15) is 5.10 Å². The predicted octanol–water partition coefficient (Wildman–Crippen LogP) is 2.83. The second-order valence-electron chi connectivity index (χ2n) is 6.55. The Morgan fingerprint density at radius 2 is 1.73 bits per heavy atom. The number of benzene rings is 2. The first-order valence-corrected chi connectivity index (χ1v) is 8.95. The second kappa shape index (κ2) is 7.54. The molecule has 5 nitrogen and oxygen atoms in total. The fourth-order valence-electron chi connectivity index (χ4n) is 3.34. The third kappa shape index (κ3) is 3.68. The van der Waals surface area contributed by atoms with Gasteiger partial charge in [0.25, 0.3) is 5.91 Å². The molecule has 3 aromatic rings. The highest BCUT2D eigenvalue weighted by Crippen LogP contribution is 2.14. The summed E-state index contributed by atoms with van der Waals surface area (Å²) in [5.74, 6) is 0.0957. The van der Waals surface area contributed by atoms with Crippen molar-refractivity contribution in [1.29, 1.82) is 0 Å². The van der Waals surface area contributed by atoms with Gasteiger partial charge in [0.15, 0.2) is 0 Å². The SMILES string of the molecule is O=C(c1cccc(-n2cccn2)c1)N1CCN(Cc2ccccc2)CC1. The molecular weight excluding hydrogens is 324 g/mol. The van der Waals surface area contributed by atoms with E-state index in [-0.39, 0.29) is 5.91 Å². The molecule has 132 valence electrons. The lowest BCUT2D eigenvalue weighted by atomic mass is 10.1. The van der Waals surface area contributed by atoms with Crippen molar-refractivity contribution in [3.8, 4) is 5.69 Å². The van der Waals surface area contributed by atoms with Crippen LogP contribution in [0.25, 0.3) is 5.69 Å². The van der Waals surface area contributed by atoms with E-state index in [0.29, 0.717) is 0 Å². The number of carbonyl (C=O) groups is 1. The summed E-state index contributed by atoms with van der Waals surface area (Å²) in [6.07, 6.45) is 3.62. The smallest absolute Gasteiger partial charge is 0.254 e. The molecule has 0 radical (unpaired) electrons. The molecule has 1 aliphatic rings. The van der Waals surface area contributed by atoms with E-state index in [1.165, 1.54) is 5.56 Å². The number of piperazine rings is 1. The first-order chi connectivity index (χ1) is 12.8. The minimum Gasteiger partial charge on any atom is -0.336 e. The molecule has 1 amide bonds. The first kappa shape index (κ1) is 16.5. The minimum absolute atomic E-state index is 0.0957. The van der Waals surface area contributed by atoms with Crippen molar-refractivity contribution in [1.82, 2.24) is 19.6 Å². The summed E-state index contributed by atoms with van der Waals surface area (Å²) in [5.41, 5.74) is 2.94. The van der Waals surface area contributed by atoms with Gasteiger partial charge in [-0.05, 0) is 29.8 Å². The summed E-state index contributed by atoms with van der Waals surface area (Å²) < 4.78 is 1.77. The molecule has 0 unspecified atom stereocenters. The Balaban J connectivity index is 1.39. The van der Waals surface area contributed by atoms with E-state index in [2.05, 4.69) is 34.3 Å². The summed E-state index contributed by atoms with van der Waals surface area (Å²) in [4.78, 5) is 17.2. The Hall–Kier alpha value is -2.92. The molecule has 1 fully saturated rings. The highest BCUT2D eigenvalue weighted by Gasteiger charge is 2.22. The van der Waals surface area contributed by atoms with E-state index in [0.717, 1.165) is 44.0 Å². The Kier molecular flexibility index (Phi) is 4.80. The van der Waals surface area contributed by atoms with Crippen molar-refractivity contribution in [3.05, 3.63) is 84.2 Å². The number of hydrogen-bond donors (Lipinski definition) is 0. The average molecular weight is 346 g/mol. The highest BCUT2D eigenvalue weighted by molar-refractivity contribution is 5.94. The van der Waals surface area contributed by atoms with E-state index >= 15 is 0 Å². The zero-order chi connectivity index (χ0) is 17.8. The van der Waals surface area contributed by atoms with Crippen molar-refractivity contribution in [3.63, 3.8) is 0 Å². The summed E-state index contributed by atoms with van der Waals surface area (Å²) >= 11 is 0. The zero-order valence-corrected chi connectivity index (χ0v) is 14.7. The van der Waals surface area contributed by atoms with Crippen molar-refractivity contribution in [2.24, 2.45) is 0 Å². The maximum Gasteiger partial charge on any atom is 0.254 e. The second-order valence-corrected chi connectivity index (χ2v) is 6.55. The molecule has 0 N–H and O–H groups in total. The van der Waals surface area contributed by atoms with Gasteiger partial charge in [-0.1, -0.05) is 36.4 Å². The highest BCUT2D eigenvalue weighted by atomic mass is 16.2. The lowest BCUT2D eigenvalue weighted by Gasteiger charge is -2.34. The van der Waals surface area contributed by atoms with E-state index in [1.807, 2.05) is 47.5 Å². The fourth-order valence-corrected chi connectivity index (χ4v) is 3.34. The van der Waals surface area contributed by atoms with Gasteiger partial charge in [-0.15, -0.1) is 0 Å². The third-order valence-corrected chi connectivity index (χ3v) is 4.77. The maximum atomic E-state index is 12.9. The Labute approximate surface area is 153 Å². The van der Waals surface area contributed by atoms with Gasteiger partial charge in [0.1, 0.15) is 0 Å². The number of amides is 1. The van der Waals surface area contributed by atoms with Gasteiger partial charge in [-0.3, -0.25) is 9.69 Å². The van der Waals surface area contributed by atoms with Gasteiger partial charge in [-0.25, -0.2) is 4.68 Å². The van der Waals surface area contributed by atoms with Gasteiger partial charge in [0.2, 0.25) is 0 Å². The predicted molar refractivity (Wildman–Crippen MR) is 101 cm³/mol. The zero-order valence-electron chi connectivity index (χ0n) is 14.7. The molecule has 0 aliphatic carbocycles. The Morgan fingerprint density at radius 3 is 2.46 bits per heavy atom. The van der Waals surface area contributed by atoms with Crippen LogP contribution in [-0.2, 0) is 6.54 Å². The summed E-state index contributed by atoms with van der Waals surface area (Å²) in [6, 6.07) is 20.0. The van der Waals surface area contributed by atoms with Gasteiger partial charge in [0, 0.05) is 50.7 Å². The van der Waals surface area contributed by atoms with Crippen molar-refractivity contribution in [2.45, 2.75) is 6.54 Å². The normalized spacial score (nSPS) is 15.2. The molecule has 0 bridgehead atoms. The van der Waals surface area contributed by atoms with Crippen LogP contribution in [0.3, 0.4) is 0 Å². The van der Waals surface area contributed by atoms with E-state index in [4.69, 9.17) is 0 Å². The van der Waals surface area contributed by atoms with E-state index < -0.39 is 0 Å². The molecule has 0 spiro atoms. The molecule has 1 aliphatic heterocycles. The van der Waals surface area contributed by atoms with Crippen LogP contribution in [0, 0.1) is 0 Å². The van der Waals surface area contributed by atoms with Crippen molar-refractivity contribution in [2.75, 3.05) is 26.2 Å². The number of hydrogen-bond acceptors (Lipinski definition) is 3. The van der Waals surface area contributed by atoms with Crippen molar-refractivity contribution < 1.29 is 4.79 Å². The quantitative estimate of drug-likeness (QED) is 0.729. The molecule has 1 aromatic heterocycles. The lowest BCUT2D eigenvalue weighted by Crippen LogP contribution is -2.48. The van der Waals surface area contributed by atoms with Gasteiger partial charge in [0.05, 0.1) is 5.69 Å². The van der Waals surface area contributed by atoms with Crippen LogP contribution in [0.1, 0.15) is 15.9 Å². The molecule has 1 saturated heterocycles. The van der Waals surface area contributed by atoms with Crippen LogP contribution in [0.4, 0.5) is 0 Å². The van der Waals surface area contributed by atoms with E-state index in [9.17, 15) is 4.79 Å². The van der Waals surface area contributed by atoms with Gasteiger partial charge >= 0.3 is 0 Å². The topological polar surface area (TPSA) is 41.4 Å². The molecule has 26 heavy (non-hydrogen) atoms. The Morgan fingerprint density at radius 1 is 0.923 bits per heavy atom. The summed E-state index contributed by atoms with van der Waals surface area (Å²) in [6.45, 7) is 4.27. The molecule has 2 heterocycles. The number of aromatic nitrogens is 2. The standard InChI is InChI=1S/C21H22N4O/c26-21(19-8-4-9-20(16-19)25-11-5-10-22-25)24-14-12-23(13-15-24)17-18-6-2-1-3-7-18/h1-11,16H,12-15,17H2. The molecule has 2 aromatic carbocycles. The van der Waals surface area contributed by atoms with E-state index in [1.54, 1.807) is 10.9 Å². The number of rotatable bonds is 4. The van der Waals surface area contributed by atoms with Crippen LogP contribution in [0.15, 0.2) is 73.1 Å². The average Bonchev–Trinajstić information content (AvgIpc) is 3.24. The third-order valence-electron chi connectivity index (χ3n) is 4.77. The van der Waals surface area contributed by atoms with Crippen LogP contribution >= 0.6 is 0 Å². The molecule has 4 rings (SSSR count). The monoisotopic (exact) mass is 346 g/mol. The molecule has 5 heteroatoms.